The van der Waals surface area contributed by atoms with Crippen molar-refractivity contribution in [2.75, 3.05) is 6.54 Å². The number of hydrogen-bond acceptors (Lipinski definition) is 2. The second-order valence-electron chi connectivity index (χ2n) is 2.03. The first kappa shape index (κ1) is 10.3. The van der Waals surface area contributed by atoms with E-state index in [1.165, 1.54) is 24.6 Å². The zero-order chi connectivity index (χ0) is 7.66. The van der Waals surface area contributed by atoms with E-state index < -0.39 is 0 Å². The summed E-state index contributed by atoms with van der Waals surface area (Å²) in [5.74, 6) is 2.28. The predicted octanol–water partition coefficient (Wildman–Crippen LogP) is 2.43. The molecule has 0 N–H and O–H groups in total. The van der Waals surface area contributed by atoms with Gasteiger partial charge >= 0.3 is 74.3 Å². The summed E-state index contributed by atoms with van der Waals surface area (Å²) in [4.78, 5) is 3.84. The molecule has 0 aromatic carbocycles. The van der Waals surface area contributed by atoms with Crippen molar-refractivity contribution in [2.45, 2.75) is 30.4 Å². The van der Waals surface area contributed by atoms with E-state index in [-0.39, 0.29) is 0 Å². The summed E-state index contributed by atoms with van der Waals surface area (Å²) in [5, 5.41) is 3.78. The molecule has 0 fully saturated rings. The van der Waals surface area contributed by atoms with Crippen molar-refractivity contribution in [3.63, 3.8) is 0 Å². The Balaban J connectivity index is 2.83. The van der Waals surface area contributed by atoms with Gasteiger partial charge in [0, 0.05) is 0 Å². The second-order valence-corrected chi connectivity index (χ2v) is 4.28. The molecule has 0 saturated carbocycles. The van der Waals surface area contributed by atoms with Gasteiger partial charge in [-0.05, 0) is 0 Å². The van der Waals surface area contributed by atoms with Gasteiger partial charge in [-0.1, -0.05) is 0 Å². The third kappa shape index (κ3) is 8.32. The first-order valence-electron chi connectivity index (χ1n) is 3.44. The van der Waals surface area contributed by atoms with Crippen LogP contribution in [-0.2, 0) is 0 Å². The summed E-state index contributed by atoms with van der Waals surface area (Å²) in [6.45, 7) is 0.875. The van der Waals surface area contributed by atoms with Gasteiger partial charge in [0.15, 0.2) is 0 Å². The van der Waals surface area contributed by atoms with Gasteiger partial charge < -0.3 is 0 Å². The van der Waals surface area contributed by atoms with E-state index in [4.69, 9.17) is 0 Å². The first-order valence-corrected chi connectivity index (χ1v) is 6.77. The Morgan fingerprint density at radius 1 is 1.40 bits per heavy atom. The molecule has 0 radical (unpaired) electrons. The zero-order valence-corrected chi connectivity index (χ0v) is 8.83. The molecule has 10 heavy (non-hydrogen) atoms. The summed E-state index contributed by atoms with van der Waals surface area (Å²) < 4.78 is 0. The van der Waals surface area contributed by atoms with Gasteiger partial charge in [-0.2, -0.15) is 0 Å². The van der Waals surface area contributed by atoms with E-state index in [2.05, 4.69) is 28.2 Å². The minimum absolute atomic E-state index is 0.855. The SMILES string of the molecule is C[Se]CCCCCN=C=S. The average molecular weight is 222 g/mol. The van der Waals surface area contributed by atoms with Gasteiger partial charge in [-0.3, -0.25) is 0 Å². The Hall–Kier alpha value is 0.319. The van der Waals surface area contributed by atoms with Crippen LogP contribution in [0.4, 0.5) is 0 Å². The van der Waals surface area contributed by atoms with Gasteiger partial charge in [0.05, 0.1) is 0 Å². The van der Waals surface area contributed by atoms with Crippen LogP contribution in [0, 0.1) is 0 Å². The first-order chi connectivity index (χ1) is 4.91. The number of unbranched alkanes of at least 4 members (excludes halogenated alkanes) is 2. The Morgan fingerprint density at radius 2 is 2.20 bits per heavy atom. The van der Waals surface area contributed by atoms with Gasteiger partial charge in [-0.15, -0.1) is 0 Å². The molecule has 0 spiro atoms. The van der Waals surface area contributed by atoms with Crippen molar-refractivity contribution in [1.29, 1.82) is 0 Å². The van der Waals surface area contributed by atoms with Crippen LogP contribution in [0.15, 0.2) is 4.99 Å². The van der Waals surface area contributed by atoms with Crippen LogP contribution in [0.3, 0.4) is 0 Å². The molecule has 0 bridgehead atoms. The average Bonchev–Trinajstić information content (AvgIpc) is 1.97. The third-order valence-electron chi connectivity index (χ3n) is 1.18. The fraction of sp³-hybridized carbons (Fsp3) is 0.857. The fourth-order valence-corrected chi connectivity index (χ4v) is 1.78. The number of thiocarbonyl (C=S) groups is 1. The van der Waals surface area contributed by atoms with E-state index in [0.717, 1.165) is 21.5 Å². The van der Waals surface area contributed by atoms with Gasteiger partial charge in [0.25, 0.3) is 0 Å². The minimum atomic E-state index is 0.855. The van der Waals surface area contributed by atoms with Crippen molar-refractivity contribution >= 4 is 32.3 Å². The van der Waals surface area contributed by atoms with Gasteiger partial charge in [0.1, 0.15) is 0 Å². The molecular weight excluding hydrogens is 209 g/mol. The Kier molecular flexibility index (Phi) is 9.62. The van der Waals surface area contributed by atoms with Crippen molar-refractivity contribution in [3.05, 3.63) is 0 Å². The van der Waals surface area contributed by atoms with Gasteiger partial charge in [-0.25, -0.2) is 0 Å². The number of nitrogens with zero attached hydrogens (tertiary/aromatic N) is 1. The number of aliphatic imine (C=N–C) groups is 1. The summed E-state index contributed by atoms with van der Waals surface area (Å²) in [5.41, 5.74) is 0. The Morgan fingerprint density at radius 3 is 2.80 bits per heavy atom. The van der Waals surface area contributed by atoms with Crippen molar-refractivity contribution in [3.8, 4) is 0 Å². The molecule has 1 nitrogen and oxygen atoms in total. The molecule has 0 atom stereocenters. The standard InChI is InChI=1S/C7H13NSSe/c1-10-6-4-2-3-5-8-7-9/h2-6H2,1H3. The Bertz CT molecular complexity index is 110. The summed E-state index contributed by atoms with van der Waals surface area (Å²) in [6.07, 6.45) is 3.85. The van der Waals surface area contributed by atoms with E-state index in [1.807, 2.05) is 0 Å². The van der Waals surface area contributed by atoms with Crippen LogP contribution < -0.4 is 0 Å². The van der Waals surface area contributed by atoms with E-state index >= 15 is 0 Å². The maximum absolute atomic E-state index is 4.44. The molecule has 0 unspecified atom stereocenters. The molecule has 0 heterocycles. The second kappa shape index (κ2) is 9.32. The van der Waals surface area contributed by atoms with Crippen LogP contribution in [0.5, 0.6) is 0 Å². The normalized spacial score (nSPS) is 8.90. The van der Waals surface area contributed by atoms with E-state index in [1.54, 1.807) is 0 Å². The molecule has 58 valence electrons. The maximum atomic E-state index is 4.44. The molecule has 0 saturated heterocycles. The quantitative estimate of drug-likeness (QED) is 0.291. The topological polar surface area (TPSA) is 12.4 Å². The Labute approximate surface area is 74.5 Å². The number of rotatable bonds is 6. The van der Waals surface area contributed by atoms with Crippen molar-refractivity contribution in [2.24, 2.45) is 4.99 Å². The van der Waals surface area contributed by atoms with Crippen LogP contribution in [0.1, 0.15) is 19.3 Å². The molecule has 0 rings (SSSR count). The number of isothiocyanates is 1. The molecule has 0 aliphatic carbocycles. The van der Waals surface area contributed by atoms with Gasteiger partial charge in [0.2, 0.25) is 0 Å². The van der Waals surface area contributed by atoms with Crippen LogP contribution in [-0.4, -0.2) is 26.7 Å². The molecule has 0 aliphatic heterocycles. The molecule has 3 heteroatoms. The summed E-state index contributed by atoms with van der Waals surface area (Å²) in [7, 11) is 0. The van der Waals surface area contributed by atoms with E-state index in [0.29, 0.717) is 0 Å². The van der Waals surface area contributed by atoms with Crippen LogP contribution >= 0.6 is 12.2 Å². The summed E-state index contributed by atoms with van der Waals surface area (Å²) >= 11 is 5.29. The molecule has 0 aromatic rings. The third-order valence-corrected chi connectivity index (χ3v) is 2.77. The number of hydrogen-bond donors (Lipinski definition) is 0. The van der Waals surface area contributed by atoms with Crippen molar-refractivity contribution < 1.29 is 0 Å². The van der Waals surface area contributed by atoms with Crippen molar-refractivity contribution in [1.82, 2.24) is 0 Å². The monoisotopic (exact) mass is 223 g/mol. The van der Waals surface area contributed by atoms with Crippen LogP contribution in [0.2, 0.25) is 11.1 Å². The zero-order valence-electron chi connectivity index (χ0n) is 6.30. The van der Waals surface area contributed by atoms with Crippen LogP contribution in [0.25, 0.3) is 0 Å². The summed E-state index contributed by atoms with van der Waals surface area (Å²) in [6, 6.07) is 0. The molecule has 0 amide bonds. The predicted molar refractivity (Wildman–Crippen MR) is 50.2 cm³/mol. The van der Waals surface area contributed by atoms with E-state index in [9.17, 15) is 0 Å². The molecular formula is C7H13NSSe. The molecule has 0 aliphatic rings. The fourth-order valence-electron chi connectivity index (χ4n) is 0.660. The molecule has 0 aromatic heterocycles.